The third-order valence-electron chi connectivity index (χ3n) is 3.37. The number of nitrogens with zero attached hydrogens (tertiary/aromatic N) is 1. The smallest absolute Gasteiger partial charge is 0.191 e. The van der Waals surface area contributed by atoms with Crippen LogP contribution in [0.25, 0.3) is 0 Å². The highest BCUT2D eigenvalue weighted by Crippen LogP contribution is 2.28. The van der Waals surface area contributed by atoms with Gasteiger partial charge in [0.05, 0.1) is 0 Å². The third kappa shape index (κ3) is 7.44. The SMILES string of the molecule is CCCCCC(C)NC(=NCC)NC1CC1C.I. The van der Waals surface area contributed by atoms with Crippen molar-refractivity contribution in [2.75, 3.05) is 6.54 Å². The lowest BCUT2D eigenvalue weighted by Crippen LogP contribution is -2.43. The Bertz CT molecular complexity index is 243. The third-order valence-corrected chi connectivity index (χ3v) is 3.37. The molecular formula is C14H30IN3. The van der Waals surface area contributed by atoms with Crippen molar-refractivity contribution < 1.29 is 0 Å². The molecule has 3 atom stereocenters. The molecule has 0 radical (unpaired) electrons. The standard InChI is InChI=1S/C14H29N3.HI/c1-5-7-8-9-12(4)16-14(15-6-2)17-13-10-11(13)3;/h11-13H,5-10H2,1-4H3,(H2,15,16,17);1H. The molecule has 0 spiro atoms. The highest BCUT2D eigenvalue weighted by molar-refractivity contribution is 14.0. The van der Waals surface area contributed by atoms with Crippen LogP contribution in [0.1, 0.15) is 59.8 Å². The summed E-state index contributed by atoms with van der Waals surface area (Å²) < 4.78 is 0. The number of hydrogen-bond donors (Lipinski definition) is 2. The molecule has 0 bridgehead atoms. The van der Waals surface area contributed by atoms with Gasteiger partial charge in [-0.25, -0.2) is 0 Å². The second kappa shape index (κ2) is 9.87. The van der Waals surface area contributed by atoms with E-state index in [1.807, 2.05) is 0 Å². The van der Waals surface area contributed by atoms with E-state index in [4.69, 9.17) is 0 Å². The molecule has 2 N–H and O–H groups in total. The first-order chi connectivity index (χ1) is 8.17. The lowest BCUT2D eigenvalue weighted by atomic mass is 10.1. The number of rotatable bonds is 7. The van der Waals surface area contributed by atoms with E-state index < -0.39 is 0 Å². The lowest BCUT2D eigenvalue weighted by molar-refractivity contribution is 0.545. The first kappa shape index (κ1) is 18.0. The van der Waals surface area contributed by atoms with E-state index in [0.717, 1.165) is 18.4 Å². The molecule has 0 aromatic heterocycles. The van der Waals surface area contributed by atoms with Crippen LogP contribution in [0.4, 0.5) is 0 Å². The van der Waals surface area contributed by atoms with E-state index >= 15 is 0 Å². The molecule has 108 valence electrons. The van der Waals surface area contributed by atoms with Crippen LogP contribution in [0.5, 0.6) is 0 Å². The normalized spacial score (nSPS) is 24.1. The molecule has 0 heterocycles. The molecule has 1 rings (SSSR count). The average molecular weight is 367 g/mol. The molecule has 1 aliphatic rings. The van der Waals surface area contributed by atoms with Crippen LogP contribution in [0.2, 0.25) is 0 Å². The first-order valence-electron chi connectivity index (χ1n) is 7.24. The summed E-state index contributed by atoms with van der Waals surface area (Å²) in [5.41, 5.74) is 0. The van der Waals surface area contributed by atoms with Crippen molar-refractivity contribution in [3.63, 3.8) is 0 Å². The van der Waals surface area contributed by atoms with E-state index in [0.29, 0.717) is 12.1 Å². The van der Waals surface area contributed by atoms with Gasteiger partial charge in [-0.1, -0.05) is 33.1 Å². The van der Waals surface area contributed by atoms with Gasteiger partial charge in [0.25, 0.3) is 0 Å². The van der Waals surface area contributed by atoms with Crippen LogP contribution in [0.3, 0.4) is 0 Å². The molecule has 1 fully saturated rings. The number of guanidine groups is 1. The largest absolute Gasteiger partial charge is 0.354 e. The summed E-state index contributed by atoms with van der Waals surface area (Å²) in [6, 6.07) is 1.17. The van der Waals surface area contributed by atoms with E-state index in [2.05, 4.69) is 43.3 Å². The Kier molecular flexibility index (Phi) is 9.87. The maximum atomic E-state index is 4.50. The Morgan fingerprint density at radius 1 is 1.33 bits per heavy atom. The van der Waals surface area contributed by atoms with Crippen LogP contribution in [-0.2, 0) is 0 Å². The van der Waals surface area contributed by atoms with Gasteiger partial charge < -0.3 is 10.6 Å². The Morgan fingerprint density at radius 2 is 2.00 bits per heavy atom. The van der Waals surface area contributed by atoms with Gasteiger partial charge in [0.1, 0.15) is 0 Å². The maximum absolute atomic E-state index is 4.50. The molecule has 0 aliphatic heterocycles. The molecule has 0 amide bonds. The highest BCUT2D eigenvalue weighted by atomic mass is 127. The summed E-state index contributed by atoms with van der Waals surface area (Å²) in [7, 11) is 0. The summed E-state index contributed by atoms with van der Waals surface area (Å²) in [5.74, 6) is 1.82. The minimum absolute atomic E-state index is 0. The molecule has 1 saturated carbocycles. The molecule has 1 aliphatic carbocycles. The zero-order valence-electron chi connectivity index (χ0n) is 12.3. The van der Waals surface area contributed by atoms with Crippen LogP contribution in [0, 0.1) is 5.92 Å². The fourth-order valence-corrected chi connectivity index (χ4v) is 2.00. The summed E-state index contributed by atoms with van der Waals surface area (Å²) in [6.45, 7) is 9.71. The predicted octanol–water partition coefficient (Wildman–Crippen LogP) is 3.54. The van der Waals surface area contributed by atoms with Crippen LogP contribution >= 0.6 is 24.0 Å². The highest BCUT2D eigenvalue weighted by Gasteiger charge is 2.33. The fraction of sp³-hybridized carbons (Fsp3) is 0.929. The van der Waals surface area contributed by atoms with Gasteiger partial charge in [0, 0.05) is 18.6 Å². The quantitative estimate of drug-likeness (QED) is 0.313. The van der Waals surface area contributed by atoms with Crippen LogP contribution in [-0.4, -0.2) is 24.6 Å². The van der Waals surface area contributed by atoms with Gasteiger partial charge in [0.15, 0.2) is 5.96 Å². The number of aliphatic imine (C=N–C) groups is 1. The Hall–Kier alpha value is 0. The molecule has 0 aromatic rings. The van der Waals surface area contributed by atoms with E-state index in [9.17, 15) is 0 Å². The van der Waals surface area contributed by atoms with Gasteiger partial charge in [0.2, 0.25) is 0 Å². The summed E-state index contributed by atoms with van der Waals surface area (Å²) in [6.07, 6.45) is 6.46. The number of nitrogens with one attached hydrogen (secondary N) is 2. The van der Waals surface area contributed by atoms with Gasteiger partial charge >= 0.3 is 0 Å². The fourth-order valence-electron chi connectivity index (χ4n) is 2.00. The molecular weight excluding hydrogens is 337 g/mol. The average Bonchev–Trinajstić information content (AvgIpc) is 2.95. The van der Waals surface area contributed by atoms with Gasteiger partial charge in [-0.2, -0.15) is 0 Å². The van der Waals surface area contributed by atoms with Gasteiger partial charge in [-0.15, -0.1) is 24.0 Å². The zero-order valence-corrected chi connectivity index (χ0v) is 14.7. The van der Waals surface area contributed by atoms with Crippen molar-refractivity contribution in [1.29, 1.82) is 0 Å². The monoisotopic (exact) mass is 367 g/mol. The molecule has 18 heavy (non-hydrogen) atoms. The Balaban J connectivity index is 0.00000289. The van der Waals surface area contributed by atoms with Crippen molar-refractivity contribution in [1.82, 2.24) is 10.6 Å². The molecule has 0 saturated heterocycles. The Morgan fingerprint density at radius 3 is 2.50 bits per heavy atom. The number of hydrogen-bond acceptors (Lipinski definition) is 1. The predicted molar refractivity (Wildman–Crippen MR) is 90.8 cm³/mol. The minimum Gasteiger partial charge on any atom is -0.354 e. The minimum atomic E-state index is 0. The van der Waals surface area contributed by atoms with Crippen molar-refractivity contribution in [3.8, 4) is 0 Å². The first-order valence-corrected chi connectivity index (χ1v) is 7.24. The van der Waals surface area contributed by atoms with Crippen LogP contribution < -0.4 is 10.6 Å². The summed E-state index contributed by atoms with van der Waals surface area (Å²) in [4.78, 5) is 4.50. The lowest BCUT2D eigenvalue weighted by Gasteiger charge is -2.18. The number of unbranched alkanes of at least 4 members (excludes halogenated alkanes) is 2. The van der Waals surface area contributed by atoms with Crippen molar-refractivity contribution in [2.24, 2.45) is 10.9 Å². The van der Waals surface area contributed by atoms with E-state index in [1.165, 1.54) is 32.1 Å². The summed E-state index contributed by atoms with van der Waals surface area (Å²) in [5, 5.41) is 7.01. The molecule has 3 nitrogen and oxygen atoms in total. The Labute approximate surface area is 130 Å². The number of halogens is 1. The topological polar surface area (TPSA) is 36.4 Å². The van der Waals surface area contributed by atoms with E-state index in [1.54, 1.807) is 0 Å². The zero-order chi connectivity index (χ0) is 12.7. The second-order valence-corrected chi connectivity index (χ2v) is 5.33. The van der Waals surface area contributed by atoms with Crippen molar-refractivity contribution >= 4 is 29.9 Å². The van der Waals surface area contributed by atoms with Gasteiger partial charge in [-0.05, 0) is 32.6 Å². The summed E-state index contributed by atoms with van der Waals surface area (Å²) >= 11 is 0. The van der Waals surface area contributed by atoms with Crippen molar-refractivity contribution in [3.05, 3.63) is 0 Å². The molecule has 4 heteroatoms. The van der Waals surface area contributed by atoms with E-state index in [-0.39, 0.29) is 24.0 Å². The molecule has 3 unspecified atom stereocenters. The molecule has 0 aromatic carbocycles. The van der Waals surface area contributed by atoms with Crippen LogP contribution in [0.15, 0.2) is 4.99 Å². The van der Waals surface area contributed by atoms with Crippen molar-refractivity contribution in [2.45, 2.75) is 71.9 Å². The second-order valence-electron chi connectivity index (χ2n) is 5.33. The maximum Gasteiger partial charge on any atom is 0.191 e. The van der Waals surface area contributed by atoms with Gasteiger partial charge in [-0.3, -0.25) is 4.99 Å².